The fraction of sp³-hybridized carbons (Fsp3) is 0.125. The molecule has 4 nitrogen and oxygen atoms in total. The minimum atomic E-state index is -0.489. The molecule has 0 aromatic heterocycles. The van der Waals surface area contributed by atoms with Crippen LogP contribution >= 0.6 is 0 Å². The van der Waals surface area contributed by atoms with Gasteiger partial charge in [0.2, 0.25) is 0 Å². The largest absolute Gasteiger partial charge is 0.422 e. The number of hydrogen-bond donors (Lipinski definition) is 0. The lowest BCUT2D eigenvalue weighted by atomic mass is 10.1. The van der Waals surface area contributed by atoms with Crippen LogP contribution < -0.4 is 4.74 Å². The number of nitriles is 1. The molecule has 0 spiro atoms. The van der Waals surface area contributed by atoms with Crippen LogP contribution in [0.15, 0.2) is 48.5 Å². The first-order valence-corrected chi connectivity index (χ1v) is 6.04. The molecule has 0 saturated carbocycles. The third kappa shape index (κ3) is 3.22. The number of benzene rings is 2. The molecule has 2 aromatic rings. The van der Waals surface area contributed by atoms with Gasteiger partial charge in [0.05, 0.1) is 17.7 Å². The van der Waals surface area contributed by atoms with Gasteiger partial charge in [-0.25, -0.2) is 4.79 Å². The molecular formula is C16H13NO3. The number of para-hydroxylation sites is 1. The van der Waals surface area contributed by atoms with Gasteiger partial charge in [0.25, 0.3) is 0 Å². The minimum absolute atomic E-state index is 0.265. The van der Waals surface area contributed by atoms with Crippen LogP contribution in [0.4, 0.5) is 0 Å². The Hall–Kier alpha value is -2.64. The first kappa shape index (κ1) is 13.8. The maximum Gasteiger partial charge on any atom is 0.343 e. The lowest BCUT2D eigenvalue weighted by Gasteiger charge is -2.06. The Labute approximate surface area is 117 Å². The Morgan fingerprint density at radius 1 is 1.15 bits per heavy atom. The molecule has 2 aromatic carbocycles. The highest BCUT2D eigenvalue weighted by Crippen LogP contribution is 2.18. The molecule has 0 radical (unpaired) electrons. The van der Waals surface area contributed by atoms with Crippen molar-refractivity contribution in [2.75, 3.05) is 7.11 Å². The molecule has 0 amide bonds. The van der Waals surface area contributed by atoms with Crippen molar-refractivity contribution in [1.82, 2.24) is 0 Å². The van der Waals surface area contributed by atoms with Crippen molar-refractivity contribution in [3.05, 3.63) is 65.2 Å². The maximum atomic E-state index is 12.0. The van der Waals surface area contributed by atoms with Gasteiger partial charge < -0.3 is 9.47 Å². The summed E-state index contributed by atoms with van der Waals surface area (Å²) in [4.78, 5) is 12.0. The van der Waals surface area contributed by atoms with Crippen LogP contribution in [-0.4, -0.2) is 13.1 Å². The van der Waals surface area contributed by atoms with Gasteiger partial charge in [-0.1, -0.05) is 24.3 Å². The van der Waals surface area contributed by atoms with Gasteiger partial charge in [0.1, 0.15) is 11.8 Å². The van der Waals surface area contributed by atoms with Crippen LogP contribution in [0, 0.1) is 11.3 Å². The Bertz CT molecular complexity index is 642. The first-order valence-electron chi connectivity index (χ1n) is 6.04. The number of carbonyl (C=O) groups is 1. The van der Waals surface area contributed by atoms with Crippen molar-refractivity contribution < 1.29 is 14.3 Å². The Balaban J connectivity index is 2.14. The molecule has 0 aliphatic carbocycles. The van der Waals surface area contributed by atoms with Crippen LogP contribution in [0.25, 0.3) is 0 Å². The molecule has 0 bridgehead atoms. The fourth-order valence-corrected chi connectivity index (χ4v) is 1.71. The van der Waals surface area contributed by atoms with E-state index < -0.39 is 5.97 Å². The molecule has 0 atom stereocenters. The van der Waals surface area contributed by atoms with E-state index in [9.17, 15) is 4.79 Å². The average Bonchev–Trinajstić information content (AvgIpc) is 2.49. The predicted octanol–water partition coefficient (Wildman–Crippen LogP) is 2.92. The molecule has 0 unspecified atom stereocenters. The van der Waals surface area contributed by atoms with E-state index in [0.717, 1.165) is 5.56 Å². The second kappa shape index (κ2) is 6.50. The molecular weight excluding hydrogens is 254 g/mol. The van der Waals surface area contributed by atoms with Gasteiger partial charge in [0.15, 0.2) is 0 Å². The molecule has 0 aliphatic heterocycles. The smallest absolute Gasteiger partial charge is 0.343 e. The highest BCUT2D eigenvalue weighted by Gasteiger charge is 2.11. The van der Waals surface area contributed by atoms with E-state index in [4.69, 9.17) is 14.7 Å². The summed E-state index contributed by atoms with van der Waals surface area (Å²) in [5.41, 5.74) is 1.73. The van der Waals surface area contributed by atoms with Crippen LogP contribution in [-0.2, 0) is 11.3 Å². The Morgan fingerprint density at radius 2 is 1.85 bits per heavy atom. The monoisotopic (exact) mass is 267 g/mol. The zero-order chi connectivity index (χ0) is 14.4. The van der Waals surface area contributed by atoms with E-state index in [1.807, 2.05) is 6.07 Å². The van der Waals surface area contributed by atoms with Crippen molar-refractivity contribution in [3.8, 4) is 11.8 Å². The van der Waals surface area contributed by atoms with Gasteiger partial charge >= 0.3 is 5.97 Å². The zero-order valence-electron chi connectivity index (χ0n) is 11.0. The summed E-state index contributed by atoms with van der Waals surface area (Å²) < 4.78 is 10.2. The zero-order valence-corrected chi connectivity index (χ0v) is 11.0. The van der Waals surface area contributed by atoms with Crippen LogP contribution in [0.2, 0.25) is 0 Å². The minimum Gasteiger partial charge on any atom is -0.422 e. The van der Waals surface area contributed by atoms with Crippen LogP contribution in [0.5, 0.6) is 5.75 Å². The van der Waals surface area contributed by atoms with Gasteiger partial charge in [-0.05, 0) is 29.8 Å². The summed E-state index contributed by atoms with van der Waals surface area (Å²) in [5.74, 6) is -0.224. The van der Waals surface area contributed by atoms with Crippen LogP contribution in [0.3, 0.4) is 0 Å². The molecule has 2 rings (SSSR count). The second-order valence-electron chi connectivity index (χ2n) is 4.13. The van der Waals surface area contributed by atoms with Crippen molar-refractivity contribution in [3.63, 3.8) is 0 Å². The van der Waals surface area contributed by atoms with E-state index in [-0.39, 0.29) is 5.75 Å². The molecule has 20 heavy (non-hydrogen) atoms. The van der Waals surface area contributed by atoms with Crippen molar-refractivity contribution in [1.29, 1.82) is 5.26 Å². The summed E-state index contributed by atoms with van der Waals surface area (Å²) in [6, 6.07) is 15.6. The Morgan fingerprint density at radius 3 is 2.50 bits per heavy atom. The SMILES string of the molecule is COCc1ccc(C(=O)Oc2ccccc2C#N)cc1. The number of methoxy groups -OCH3 is 1. The van der Waals surface area contributed by atoms with Crippen molar-refractivity contribution >= 4 is 5.97 Å². The number of carbonyl (C=O) groups excluding carboxylic acids is 1. The lowest BCUT2D eigenvalue weighted by Crippen LogP contribution is -2.09. The summed E-state index contributed by atoms with van der Waals surface area (Å²) in [6.45, 7) is 0.493. The summed E-state index contributed by atoms with van der Waals surface area (Å²) in [5, 5.41) is 8.94. The van der Waals surface area contributed by atoms with E-state index >= 15 is 0 Å². The van der Waals surface area contributed by atoms with Crippen molar-refractivity contribution in [2.45, 2.75) is 6.61 Å². The van der Waals surface area contributed by atoms with Gasteiger partial charge in [-0.2, -0.15) is 5.26 Å². The second-order valence-corrected chi connectivity index (χ2v) is 4.13. The number of esters is 1. The fourth-order valence-electron chi connectivity index (χ4n) is 1.71. The standard InChI is InChI=1S/C16H13NO3/c1-19-11-12-6-8-13(9-7-12)16(18)20-15-5-3-2-4-14(15)10-17/h2-9H,11H2,1H3. The van der Waals surface area contributed by atoms with Gasteiger partial charge in [-0.15, -0.1) is 0 Å². The molecule has 4 heteroatoms. The van der Waals surface area contributed by atoms with E-state index in [0.29, 0.717) is 17.7 Å². The average molecular weight is 267 g/mol. The molecule has 0 saturated heterocycles. The van der Waals surface area contributed by atoms with E-state index in [1.165, 1.54) is 0 Å². The summed E-state index contributed by atoms with van der Waals surface area (Å²) in [6.07, 6.45) is 0. The van der Waals surface area contributed by atoms with E-state index in [1.54, 1.807) is 55.6 Å². The van der Waals surface area contributed by atoms with Crippen LogP contribution in [0.1, 0.15) is 21.5 Å². The molecule has 100 valence electrons. The number of ether oxygens (including phenoxy) is 2. The Kier molecular flexibility index (Phi) is 4.48. The lowest BCUT2D eigenvalue weighted by molar-refractivity contribution is 0.0734. The van der Waals surface area contributed by atoms with Gasteiger partial charge in [-0.3, -0.25) is 0 Å². The predicted molar refractivity (Wildman–Crippen MR) is 73.3 cm³/mol. The number of nitrogens with zero attached hydrogens (tertiary/aromatic N) is 1. The number of rotatable bonds is 4. The molecule has 0 N–H and O–H groups in total. The summed E-state index contributed by atoms with van der Waals surface area (Å²) in [7, 11) is 1.61. The maximum absolute atomic E-state index is 12.0. The summed E-state index contributed by atoms with van der Waals surface area (Å²) >= 11 is 0. The molecule has 0 aliphatic rings. The normalized spacial score (nSPS) is 9.80. The highest BCUT2D eigenvalue weighted by atomic mass is 16.5. The number of hydrogen-bond acceptors (Lipinski definition) is 4. The topological polar surface area (TPSA) is 59.3 Å². The molecule has 0 heterocycles. The molecule has 0 fully saturated rings. The highest BCUT2D eigenvalue weighted by molar-refractivity contribution is 5.91. The third-order valence-corrected chi connectivity index (χ3v) is 2.71. The quantitative estimate of drug-likeness (QED) is 0.631. The van der Waals surface area contributed by atoms with Crippen molar-refractivity contribution in [2.24, 2.45) is 0 Å². The van der Waals surface area contributed by atoms with E-state index in [2.05, 4.69) is 0 Å². The van der Waals surface area contributed by atoms with Gasteiger partial charge in [0, 0.05) is 7.11 Å². The first-order chi connectivity index (χ1) is 9.74. The third-order valence-electron chi connectivity index (χ3n) is 2.71.